The van der Waals surface area contributed by atoms with Crippen molar-refractivity contribution in [1.29, 1.82) is 0 Å². The molecule has 1 aliphatic carbocycles. The number of carbonyl (C=O) groups excluding carboxylic acids is 2. The molecule has 2 heterocycles. The highest BCUT2D eigenvalue weighted by atomic mass is 35.5. The summed E-state index contributed by atoms with van der Waals surface area (Å²) in [6.07, 6.45) is 4.79. The van der Waals surface area contributed by atoms with Crippen LogP contribution in [-0.4, -0.2) is 21.8 Å². The molecule has 0 saturated heterocycles. The Labute approximate surface area is 177 Å². The van der Waals surface area contributed by atoms with Crippen LogP contribution in [0.25, 0.3) is 0 Å². The molecule has 3 aromatic rings. The number of pyridine rings is 2. The first-order chi connectivity index (χ1) is 14.5. The van der Waals surface area contributed by atoms with Gasteiger partial charge >= 0.3 is 0 Å². The molecule has 6 nitrogen and oxygen atoms in total. The Morgan fingerprint density at radius 2 is 1.83 bits per heavy atom. The molecule has 0 bridgehead atoms. The minimum Gasteiger partial charge on any atom is -0.321 e. The number of nitrogens with zero attached hydrogens (tertiary/aromatic N) is 2. The van der Waals surface area contributed by atoms with Gasteiger partial charge < -0.3 is 10.6 Å². The molecule has 0 spiro atoms. The third kappa shape index (κ3) is 4.02. The molecule has 1 aliphatic rings. The van der Waals surface area contributed by atoms with E-state index in [0.29, 0.717) is 34.8 Å². The molecule has 1 fully saturated rings. The molecule has 8 heteroatoms. The molecule has 4 rings (SSSR count). The molecule has 1 saturated carbocycles. The number of benzene rings is 1. The van der Waals surface area contributed by atoms with E-state index in [0.717, 1.165) is 12.6 Å². The number of amides is 2. The number of anilines is 2. The second-order valence-corrected chi connectivity index (χ2v) is 7.58. The third-order valence-electron chi connectivity index (χ3n) is 5.21. The lowest BCUT2D eigenvalue weighted by atomic mass is 9.65. The molecule has 1 aromatic carbocycles. The van der Waals surface area contributed by atoms with Gasteiger partial charge in [0.2, 0.25) is 5.91 Å². The van der Waals surface area contributed by atoms with E-state index in [1.807, 2.05) is 0 Å². The average molecular weight is 425 g/mol. The lowest BCUT2D eigenvalue weighted by Gasteiger charge is -2.39. The van der Waals surface area contributed by atoms with Gasteiger partial charge in [-0.25, -0.2) is 9.37 Å². The van der Waals surface area contributed by atoms with Crippen LogP contribution >= 0.6 is 11.6 Å². The Morgan fingerprint density at radius 1 is 1.00 bits per heavy atom. The Kier molecular flexibility index (Phi) is 5.46. The van der Waals surface area contributed by atoms with Crippen LogP contribution in [0.4, 0.5) is 15.9 Å². The molecular weight excluding hydrogens is 407 g/mol. The lowest BCUT2D eigenvalue weighted by Crippen LogP contribution is -2.46. The van der Waals surface area contributed by atoms with Crippen LogP contribution in [0.1, 0.15) is 35.3 Å². The maximum Gasteiger partial charge on any atom is 0.255 e. The van der Waals surface area contributed by atoms with Crippen molar-refractivity contribution in [3.05, 3.63) is 83.0 Å². The molecule has 0 atom stereocenters. The molecule has 2 N–H and O–H groups in total. The SMILES string of the molecule is O=C(Nc1ccc(C2(C(=O)Nc3ccc(F)cn3)CCC2)nc1)c1cccc(Cl)c1. The van der Waals surface area contributed by atoms with Gasteiger partial charge in [-0.1, -0.05) is 24.1 Å². The molecule has 30 heavy (non-hydrogen) atoms. The fourth-order valence-corrected chi connectivity index (χ4v) is 3.59. The summed E-state index contributed by atoms with van der Waals surface area (Å²) in [5, 5.41) is 5.99. The van der Waals surface area contributed by atoms with Crippen molar-refractivity contribution >= 4 is 34.9 Å². The number of hydrogen-bond acceptors (Lipinski definition) is 4. The summed E-state index contributed by atoms with van der Waals surface area (Å²) in [6, 6.07) is 12.8. The maximum absolute atomic E-state index is 13.0. The molecular formula is C22H18ClFN4O2. The quantitative estimate of drug-likeness (QED) is 0.627. The number of carbonyl (C=O) groups is 2. The summed E-state index contributed by atoms with van der Waals surface area (Å²) in [6.45, 7) is 0. The molecule has 0 radical (unpaired) electrons. The van der Waals surface area contributed by atoms with Gasteiger partial charge in [-0.3, -0.25) is 14.6 Å². The Morgan fingerprint density at radius 3 is 2.43 bits per heavy atom. The van der Waals surface area contributed by atoms with E-state index < -0.39 is 11.2 Å². The zero-order chi connectivity index (χ0) is 21.1. The highest BCUT2D eigenvalue weighted by Gasteiger charge is 2.47. The second-order valence-electron chi connectivity index (χ2n) is 7.15. The smallest absolute Gasteiger partial charge is 0.255 e. The van der Waals surface area contributed by atoms with Crippen molar-refractivity contribution in [2.75, 3.05) is 10.6 Å². The van der Waals surface area contributed by atoms with Crippen LogP contribution in [-0.2, 0) is 10.2 Å². The zero-order valence-corrected chi connectivity index (χ0v) is 16.6. The maximum atomic E-state index is 13.0. The van der Waals surface area contributed by atoms with E-state index in [2.05, 4.69) is 20.6 Å². The van der Waals surface area contributed by atoms with Crippen molar-refractivity contribution < 1.29 is 14.0 Å². The summed E-state index contributed by atoms with van der Waals surface area (Å²) in [7, 11) is 0. The van der Waals surface area contributed by atoms with Gasteiger partial charge in [0.1, 0.15) is 11.6 Å². The van der Waals surface area contributed by atoms with Gasteiger partial charge in [-0.15, -0.1) is 0 Å². The first kappa shape index (κ1) is 20.0. The first-order valence-corrected chi connectivity index (χ1v) is 9.80. The fraction of sp³-hybridized carbons (Fsp3) is 0.182. The van der Waals surface area contributed by atoms with Gasteiger partial charge in [0.25, 0.3) is 5.91 Å². The summed E-state index contributed by atoms with van der Waals surface area (Å²) in [5.74, 6) is -0.705. The summed E-state index contributed by atoms with van der Waals surface area (Å²) in [5.41, 5.74) is 0.812. The van der Waals surface area contributed by atoms with E-state index in [9.17, 15) is 14.0 Å². The highest BCUT2D eigenvalue weighted by molar-refractivity contribution is 6.31. The zero-order valence-electron chi connectivity index (χ0n) is 15.9. The minimum absolute atomic E-state index is 0.226. The van der Waals surface area contributed by atoms with Gasteiger partial charge in [-0.2, -0.15) is 0 Å². The van der Waals surface area contributed by atoms with E-state index in [-0.39, 0.29) is 17.6 Å². The van der Waals surface area contributed by atoms with Crippen LogP contribution in [0.3, 0.4) is 0 Å². The van der Waals surface area contributed by atoms with E-state index in [1.54, 1.807) is 36.4 Å². The molecule has 0 unspecified atom stereocenters. The molecule has 152 valence electrons. The van der Waals surface area contributed by atoms with Gasteiger partial charge in [-0.05, 0) is 55.3 Å². The normalized spacial score (nSPS) is 14.5. The predicted octanol–water partition coefficient (Wildman–Crippen LogP) is 4.58. The van der Waals surface area contributed by atoms with Crippen LogP contribution in [0.2, 0.25) is 5.02 Å². The van der Waals surface area contributed by atoms with Crippen molar-refractivity contribution in [3.63, 3.8) is 0 Å². The minimum atomic E-state index is -0.758. The summed E-state index contributed by atoms with van der Waals surface area (Å²) in [4.78, 5) is 33.6. The van der Waals surface area contributed by atoms with Crippen molar-refractivity contribution in [1.82, 2.24) is 9.97 Å². The Hall–Kier alpha value is -3.32. The standard InChI is InChI=1S/C22H18ClFN4O2/c23-15-4-1-3-14(11-15)20(29)27-17-6-7-18(25-13-17)22(9-2-10-22)21(30)28-19-8-5-16(24)12-26-19/h1,3-8,11-13H,2,9-10H2,(H,27,29)(H,26,28,30). The number of halogens is 2. The highest BCUT2D eigenvalue weighted by Crippen LogP contribution is 2.43. The molecule has 0 aliphatic heterocycles. The van der Waals surface area contributed by atoms with Crippen LogP contribution in [0, 0.1) is 5.82 Å². The van der Waals surface area contributed by atoms with Crippen LogP contribution in [0.15, 0.2) is 60.9 Å². The Bertz CT molecular complexity index is 1080. The number of nitrogens with one attached hydrogen (secondary N) is 2. The number of rotatable bonds is 5. The number of aromatic nitrogens is 2. The van der Waals surface area contributed by atoms with Gasteiger partial charge in [0.05, 0.1) is 29.2 Å². The van der Waals surface area contributed by atoms with Crippen LogP contribution < -0.4 is 10.6 Å². The third-order valence-corrected chi connectivity index (χ3v) is 5.44. The van der Waals surface area contributed by atoms with Crippen LogP contribution in [0.5, 0.6) is 0 Å². The van der Waals surface area contributed by atoms with Crippen molar-refractivity contribution in [2.45, 2.75) is 24.7 Å². The summed E-state index contributed by atoms with van der Waals surface area (Å²) >= 11 is 5.93. The molecule has 2 aromatic heterocycles. The number of hydrogen-bond donors (Lipinski definition) is 2. The van der Waals surface area contributed by atoms with Crippen molar-refractivity contribution in [3.8, 4) is 0 Å². The molecule has 2 amide bonds. The van der Waals surface area contributed by atoms with Gasteiger partial charge in [0.15, 0.2) is 0 Å². The fourth-order valence-electron chi connectivity index (χ4n) is 3.40. The summed E-state index contributed by atoms with van der Waals surface area (Å²) < 4.78 is 13.0. The largest absolute Gasteiger partial charge is 0.321 e. The van der Waals surface area contributed by atoms with Gasteiger partial charge in [0, 0.05) is 10.6 Å². The lowest BCUT2D eigenvalue weighted by molar-refractivity contribution is -0.124. The van der Waals surface area contributed by atoms with Crippen molar-refractivity contribution in [2.24, 2.45) is 0 Å². The second kappa shape index (κ2) is 8.20. The first-order valence-electron chi connectivity index (χ1n) is 9.43. The predicted molar refractivity (Wildman–Crippen MR) is 112 cm³/mol. The topological polar surface area (TPSA) is 84.0 Å². The Balaban J connectivity index is 1.48. The van der Waals surface area contributed by atoms with E-state index in [4.69, 9.17) is 11.6 Å². The van der Waals surface area contributed by atoms with E-state index in [1.165, 1.54) is 18.3 Å². The van der Waals surface area contributed by atoms with E-state index >= 15 is 0 Å². The average Bonchev–Trinajstić information content (AvgIpc) is 2.70. The monoisotopic (exact) mass is 424 g/mol.